The van der Waals surface area contributed by atoms with Gasteiger partial charge in [-0.3, -0.25) is 0 Å². The van der Waals surface area contributed by atoms with Crippen LogP contribution in [0.5, 0.6) is 5.75 Å². The summed E-state index contributed by atoms with van der Waals surface area (Å²) in [5.41, 5.74) is 4.41. The van der Waals surface area contributed by atoms with E-state index < -0.39 is 0 Å². The number of rotatable bonds is 2. The Morgan fingerprint density at radius 3 is 2.94 bits per heavy atom. The van der Waals surface area contributed by atoms with E-state index in [1.807, 2.05) is 0 Å². The predicted molar refractivity (Wildman–Crippen MR) is 69.5 cm³/mol. The smallest absolute Gasteiger partial charge is 0.122 e. The van der Waals surface area contributed by atoms with Gasteiger partial charge in [0.2, 0.25) is 0 Å². The quantitative estimate of drug-likeness (QED) is 0.787. The Hall–Kier alpha value is -1.28. The second kappa shape index (κ2) is 4.92. The largest absolute Gasteiger partial charge is 0.493 e. The van der Waals surface area contributed by atoms with Crippen molar-refractivity contribution in [2.45, 2.75) is 25.7 Å². The Balaban J connectivity index is 1.68. The van der Waals surface area contributed by atoms with Crippen molar-refractivity contribution in [3.63, 3.8) is 0 Å². The van der Waals surface area contributed by atoms with E-state index in [0.717, 1.165) is 38.3 Å². The molecule has 3 rings (SSSR count). The Morgan fingerprint density at radius 2 is 2.06 bits per heavy atom. The summed E-state index contributed by atoms with van der Waals surface area (Å²) >= 11 is 0. The van der Waals surface area contributed by atoms with Gasteiger partial charge in [0.15, 0.2) is 0 Å². The molecule has 2 heteroatoms. The van der Waals surface area contributed by atoms with Gasteiger partial charge < -0.3 is 10.1 Å². The maximum absolute atomic E-state index is 5.52. The van der Waals surface area contributed by atoms with Crippen molar-refractivity contribution in [2.75, 3.05) is 19.7 Å². The normalized spacial score (nSPS) is 18.7. The van der Waals surface area contributed by atoms with E-state index in [1.54, 1.807) is 5.57 Å². The topological polar surface area (TPSA) is 21.3 Å². The van der Waals surface area contributed by atoms with Crippen LogP contribution in [0.1, 0.15) is 24.0 Å². The molecular weight excluding hydrogens is 210 g/mol. The zero-order chi connectivity index (χ0) is 11.5. The molecule has 2 heterocycles. The van der Waals surface area contributed by atoms with Crippen molar-refractivity contribution in [1.82, 2.24) is 5.32 Å². The number of piperidine rings is 1. The van der Waals surface area contributed by atoms with E-state index in [0.29, 0.717) is 0 Å². The number of hydrogen-bond donors (Lipinski definition) is 1. The fourth-order valence-electron chi connectivity index (χ4n) is 2.58. The number of hydrogen-bond acceptors (Lipinski definition) is 2. The lowest BCUT2D eigenvalue weighted by atomic mass is 10.0. The van der Waals surface area contributed by atoms with Crippen LogP contribution in [0.15, 0.2) is 29.8 Å². The van der Waals surface area contributed by atoms with Crippen LogP contribution in [0.2, 0.25) is 0 Å². The van der Waals surface area contributed by atoms with Gasteiger partial charge in [0.05, 0.1) is 6.61 Å². The molecule has 0 aromatic heterocycles. The summed E-state index contributed by atoms with van der Waals surface area (Å²) in [5.74, 6) is 1.09. The van der Waals surface area contributed by atoms with E-state index in [9.17, 15) is 0 Å². The third-order valence-electron chi connectivity index (χ3n) is 3.63. The van der Waals surface area contributed by atoms with Crippen LogP contribution >= 0.6 is 0 Å². The monoisotopic (exact) mass is 229 g/mol. The summed E-state index contributed by atoms with van der Waals surface area (Å²) in [5, 5.41) is 3.39. The third-order valence-corrected chi connectivity index (χ3v) is 3.63. The zero-order valence-corrected chi connectivity index (χ0v) is 10.2. The van der Waals surface area contributed by atoms with Crippen LogP contribution in [0.25, 0.3) is 0 Å². The second-order valence-electron chi connectivity index (χ2n) is 4.86. The number of fused-ring (bicyclic) bond motifs is 1. The Kier molecular flexibility index (Phi) is 3.14. The lowest BCUT2D eigenvalue weighted by molar-refractivity contribution is 0.357. The van der Waals surface area contributed by atoms with Crippen LogP contribution < -0.4 is 10.1 Å². The zero-order valence-electron chi connectivity index (χ0n) is 10.2. The first-order valence-electron chi connectivity index (χ1n) is 6.55. The molecule has 2 aliphatic heterocycles. The minimum atomic E-state index is 0.853. The summed E-state index contributed by atoms with van der Waals surface area (Å²) in [6.45, 7) is 3.14. The van der Waals surface area contributed by atoms with Gasteiger partial charge in [-0.05, 0) is 49.5 Å². The van der Waals surface area contributed by atoms with Crippen LogP contribution in [-0.2, 0) is 12.8 Å². The molecule has 1 saturated heterocycles. The van der Waals surface area contributed by atoms with E-state index >= 15 is 0 Å². The number of ether oxygens (including phenoxy) is 1. The highest BCUT2D eigenvalue weighted by atomic mass is 16.5. The molecule has 2 nitrogen and oxygen atoms in total. The highest BCUT2D eigenvalue weighted by Gasteiger charge is 2.11. The van der Waals surface area contributed by atoms with Gasteiger partial charge in [-0.25, -0.2) is 0 Å². The maximum Gasteiger partial charge on any atom is 0.122 e. The van der Waals surface area contributed by atoms with Gasteiger partial charge in [0.1, 0.15) is 5.75 Å². The van der Waals surface area contributed by atoms with Gasteiger partial charge in [0, 0.05) is 6.42 Å². The summed E-state index contributed by atoms with van der Waals surface area (Å²) in [4.78, 5) is 0. The molecule has 2 aliphatic rings. The van der Waals surface area contributed by atoms with Crippen molar-refractivity contribution in [2.24, 2.45) is 0 Å². The molecule has 1 N–H and O–H groups in total. The molecule has 0 radical (unpaired) electrons. The molecule has 1 aromatic carbocycles. The molecule has 0 aliphatic carbocycles. The number of nitrogens with one attached hydrogen (secondary N) is 1. The molecule has 0 amide bonds. The standard InChI is InChI=1S/C15H19NO/c1(12-5-8-16-9-6-12)2-13-3-4-15-14(11-13)7-10-17-15/h1,3-4,11,16H,2,5-10H2. The molecule has 0 saturated carbocycles. The van der Waals surface area contributed by atoms with Crippen molar-refractivity contribution in [3.05, 3.63) is 41.0 Å². The predicted octanol–water partition coefficient (Wildman–Crippen LogP) is 2.47. The Bertz CT molecular complexity index is 429. The van der Waals surface area contributed by atoms with Crippen molar-refractivity contribution < 1.29 is 4.74 Å². The lowest BCUT2D eigenvalue weighted by Crippen LogP contribution is -2.23. The third kappa shape index (κ3) is 2.52. The van der Waals surface area contributed by atoms with Gasteiger partial charge in [-0.15, -0.1) is 0 Å². The molecule has 0 unspecified atom stereocenters. The minimum Gasteiger partial charge on any atom is -0.493 e. The maximum atomic E-state index is 5.52. The van der Waals surface area contributed by atoms with Crippen LogP contribution in [-0.4, -0.2) is 19.7 Å². The Morgan fingerprint density at radius 1 is 1.18 bits per heavy atom. The number of allylic oxidation sites excluding steroid dienone is 1. The second-order valence-corrected chi connectivity index (χ2v) is 4.86. The van der Waals surface area contributed by atoms with E-state index in [1.165, 1.54) is 24.0 Å². The first-order valence-corrected chi connectivity index (χ1v) is 6.55. The van der Waals surface area contributed by atoms with Crippen LogP contribution in [0, 0.1) is 0 Å². The SMILES string of the molecule is C(Cc1ccc2c(c1)CCO2)=C1CCNCC1. The van der Waals surface area contributed by atoms with Gasteiger partial charge in [-0.1, -0.05) is 23.8 Å². The van der Waals surface area contributed by atoms with Crippen LogP contribution in [0.3, 0.4) is 0 Å². The first-order chi connectivity index (χ1) is 8.42. The fourth-order valence-corrected chi connectivity index (χ4v) is 2.58. The summed E-state index contributed by atoms with van der Waals surface area (Å²) in [7, 11) is 0. The van der Waals surface area contributed by atoms with Gasteiger partial charge in [-0.2, -0.15) is 0 Å². The molecule has 0 atom stereocenters. The van der Waals surface area contributed by atoms with Crippen molar-refractivity contribution in [1.29, 1.82) is 0 Å². The van der Waals surface area contributed by atoms with Crippen LogP contribution in [0.4, 0.5) is 0 Å². The molecule has 0 bridgehead atoms. The average molecular weight is 229 g/mol. The van der Waals surface area contributed by atoms with Gasteiger partial charge in [0.25, 0.3) is 0 Å². The van der Waals surface area contributed by atoms with Gasteiger partial charge >= 0.3 is 0 Å². The molecule has 0 spiro atoms. The molecule has 17 heavy (non-hydrogen) atoms. The molecule has 90 valence electrons. The summed E-state index contributed by atoms with van der Waals surface area (Å²) < 4.78 is 5.52. The van der Waals surface area contributed by atoms with E-state index in [4.69, 9.17) is 4.74 Å². The molecular formula is C15H19NO. The highest BCUT2D eigenvalue weighted by Crippen LogP contribution is 2.26. The Labute approximate surface area is 103 Å². The average Bonchev–Trinajstić information content (AvgIpc) is 2.85. The van der Waals surface area contributed by atoms with E-state index in [2.05, 4.69) is 29.6 Å². The first kappa shape index (κ1) is 10.8. The van der Waals surface area contributed by atoms with E-state index in [-0.39, 0.29) is 0 Å². The lowest BCUT2D eigenvalue weighted by Gasteiger charge is -2.15. The minimum absolute atomic E-state index is 0.853. The highest BCUT2D eigenvalue weighted by molar-refractivity contribution is 5.40. The fraction of sp³-hybridized carbons (Fsp3) is 0.467. The summed E-state index contributed by atoms with van der Waals surface area (Å²) in [6.07, 6.45) is 6.99. The molecule has 1 aromatic rings. The van der Waals surface area contributed by atoms with Crippen molar-refractivity contribution >= 4 is 0 Å². The summed E-state index contributed by atoms with van der Waals surface area (Å²) in [6, 6.07) is 6.63. The molecule has 1 fully saturated rings. The number of benzene rings is 1. The van der Waals surface area contributed by atoms with Crippen molar-refractivity contribution in [3.8, 4) is 5.75 Å².